The van der Waals surface area contributed by atoms with Crippen molar-refractivity contribution in [3.63, 3.8) is 0 Å². The predicted molar refractivity (Wildman–Crippen MR) is 80.0 cm³/mol. The lowest BCUT2D eigenvalue weighted by Crippen LogP contribution is -2.22. The number of anilines is 2. The van der Waals surface area contributed by atoms with Gasteiger partial charge in [0.1, 0.15) is 10.6 Å². The maximum Gasteiger partial charge on any atom is 0.225 e. The molecule has 2 fully saturated rings. The first-order valence-electron chi connectivity index (χ1n) is 7.03. The first-order valence-corrected chi connectivity index (χ1v) is 7.91. The van der Waals surface area contributed by atoms with Crippen LogP contribution in [0.15, 0.2) is 11.4 Å². The first-order chi connectivity index (χ1) is 9.35. The number of hydrogen-bond donors (Lipinski definition) is 1. The van der Waals surface area contributed by atoms with Crippen LogP contribution in [-0.4, -0.2) is 30.1 Å². The normalized spacial score (nSPS) is 26.1. The quantitative estimate of drug-likeness (QED) is 0.914. The highest BCUT2D eigenvalue weighted by Crippen LogP contribution is 2.41. The number of hydrogen-bond acceptors (Lipinski definition) is 5. The molecule has 100 valence electrons. The van der Waals surface area contributed by atoms with Crippen molar-refractivity contribution < 1.29 is 0 Å². The van der Waals surface area contributed by atoms with E-state index in [0.29, 0.717) is 0 Å². The van der Waals surface area contributed by atoms with Crippen LogP contribution in [0.2, 0.25) is 0 Å². The lowest BCUT2D eigenvalue weighted by atomic mass is 10.0. The number of rotatable bonds is 2. The van der Waals surface area contributed by atoms with E-state index in [1.165, 1.54) is 37.7 Å². The second-order valence-electron chi connectivity index (χ2n) is 5.62. The van der Waals surface area contributed by atoms with E-state index in [1.54, 1.807) is 11.3 Å². The Morgan fingerprint density at radius 3 is 2.79 bits per heavy atom. The molecule has 0 spiro atoms. The molecule has 4 nitrogen and oxygen atoms in total. The summed E-state index contributed by atoms with van der Waals surface area (Å²) in [4.78, 5) is 12.8. The van der Waals surface area contributed by atoms with E-state index in [0.717, 1.165) is 28.4 Å². The Labute approximate surface area is 116 Å². The van der Waals surface area contributed by atoms with E-state index in [2.05, 4.69) is 26.6 Å². The van der Waals surface area contributed by atoms with Gasteiger partial charge >= 0.3 is 0 Å². The third-order valence-corrected chi connectivity index (χ3v) is 5.36. The second-order valence-corrected chi connectivity index (χ2v) is 6.51. The van der Waals surface area contributed by atoms with E-state index >= 15 is 0 Å². The molecule has 2 aromatic heterocycles. The van der Waals surface area contributed by atoms with Crippen LogP contribution in [0.3, 0.4) is 0 Å². The van der Waals surface area contributed by atoms with Crippen molar-refractivity contribution in [2.75, 3.05) is 30.4 Å². The van der Waals surface area contributed by atoms with E-state index in [4.69, 9.17) is 4.98 Å². The van der Waals surface area contributed by atoms with E-state index in [1.807, 2.05) is 7.05 Å². The van der Waals surface area contributed by atoms with Crippen LogP contribution < -0.4 is 10.2 Å². The zero-order chi connectivity index (χ0) is 12.8. The SMILES string of the molecule is CNc1nc(N2CC3CCCC3C2)c2ccsc2n1. The Bertz CT molecular complexity index is 597. The molecule has 0 radical (unpaired) electrons. The number of aromatic nitrogens is 2. The summed E-state index contributed by atoms with van der Waals surface area (Å²) in [6.07, 6.45) is 4.22. The fourth-order valence-electron chi connectivity index (χ4n) is 3.60. The molecular formula is C14H18N4S. The molecule has 1 aliphatic carbocycles. The monoisotopic (exact) mass is 274 g/mol. The topological polar surface area (TPSA) is 41.1 Å². The summed E-state index contributed by atoms with van der Waals surface area (Å²) in [5.41, 5.74) is 0. The molecule has 0 bridgehead atoms. The lowest BCUT2D eigenvalue weighted by Gasteiger charge is -2.19. The van der Waals surface area contributed by atoms with Crippen molar-refractivity contribution in [1.29, 1.82) is 0 Å². The largest absolute Gasteiger partial charge is 0.357 e. The van der Waals surface area contributed by atoms with Crippen molar-refractivity contribution in [1.82, 2.24) is 9.97 Å². The van der Waals surface area contributed by atoms with Crippen molar-refractivity contribution in [2.45, 2.75) is 19.3 Å². The number of fused-ring (bicyclic) bond motifs is 2. The second kappa shape index (κ2) is 4.34. The molecular weight excluding hydrogens is 256 g/mol. The summed E-state index contributed by atoms with van der Waals surface area (Å²) < 4.78 is 0. The highest BCUT2D eigenvalue weighted by atomic mass is 32.1. The summed E-state index contributed by atoms with van der Waals surface area (Å²) in [5.74, 6) is 3.65. The van der Waals surface area contributed by atoms with Crippen molar-refractivity contribution in [3.8, 4) is 0 Å². The Morgan fingerprint density at radius 2 is 2.05 bits per heavy atom. The highest BCUT2D eigenvalue weighted by Gasteiger charge is 2.37. The van der Waals surface area contributed by atoms with Gasteiger partial charge in [-0.2, -0.15) is 4.98 Å². The maximum absolute atomic E-state index is 4.71. The van der Waals surface area contributed by atoms with Crippen LogP contribution in [0.1, 0.15) is 19.3 Å². The van der Waals surface area contributed by atoms with E-state index in [9.17, 15) is 0 Å². The zero-order valence-corrected chi connectivity index (χ0v) is 11.9. The van der Waals surface area contributed by atoms with Crippen molar-refractivity contribution in [2.24, 2.45) is 11.8 Å². The van der Waals surface area contributed by atoms with Crippen molar-refractivity contribution in [3.05, 3.63) is 11.4 Å². The minimum absolute atomic E-state index is 0.738. The highest BCUT2D eigenvalue weighted by molar-refractivity contribution is 7.16. The van der Waals surface area contributed by atoms with E-state index < -0.39 is 0 Å². The maximum atomic E-state index is 4.71. The predicted octanol–water partition coefficient (Wildman–Crippen LogP) is 2.97. The third kappa shape index (κ3) is 1.79. The molecule has 2 unspecified atom stereocenters. The Morgan fingerprint density at radius 1 is 1.26 bits per heavy atom. The van der Waals surface area contributed by atoms with Gasteiger partial charge in [0.2, 0.25) is 5.95 Å². The van der Waals surface area contributed by atoms with Crippen LogP contribution in [-0.2, 0) is 0 Å². The van der Waals surface area contributed by atoms with Crippen LogP contribution in [0, 0.1) is 11.8 Å². The van der Waals surface area contributed by atoms with Gasteiger partial charge in [-0.25, -0.2) is 4.98 Å². The number of thiophene rings is 1. The van der Waals surface area contributed by atoms with Crippen molar-refractivity contribution >= 4 is 33.3 Å². The van der Waals surface area contributed by atoms with Crippen LogP contribution in [0.25, 0.3) is 10.2 Å². The molecule has 2 aromatic rings. The molecule has 3 heterocycles. The average molecular weight is 274 g/mol. The summed E-state index contributed by atoms with van der Waals surface area (Å²) >= 11 is 1.69. The van der Waals surface area contributed by atoms with Gasteiger partial charge in [0.05, 0.1) is 5.39 Å². The molecule has 1 saturated carbocycles. The zero-order valence-electron chi connectivity index (χ0n) is 11.1. The number of nitrogens with one attached hydrogen (secondary N) is 1. The summed E-state index contributed by atoms with van der Waals surface area (Å²) in [6.45, 7) is 2.35. The van der Waals surface area contributed by atoms with Gasteiger partial charge in [-0.15, -0.1) is 11.3 Å². The standard InChI is InChI=1S/C14H18N4S/c1-15-14-16-12(11-5-6-19-13(11)17-14)18-7-9-3-2-4-10(9)8-18/h5-6,9-10H,2-4,7-8H2,1H3,(H,15,16,17). The van der Waals surface area contributed by atoms with Crippen LogP contribution >= 0.6 is 11.3 Å². The first kappa shape index (κ1) is 11.5. The smallest absolute Gasteiger partial charge is 0.225 e. The Kier molecular flexibility index (Phi) is 2.62. The van der Waals surface area contributed by atoms with Gasteiger partial charge in [0.25, 0.3) is 0 Å². The van der Waals surface area contributed by atoms with Gasteiger partial charge in [0, 0.05) is 20.1 Å². The average Bonchev–Trinajstić information content (AvgIpc) is 3.11. The Balaban J connectivity index is 1.75. The molecule has 1 N–H and O–H groups in total. The number of nitrogens with zero attached hydrogens (tertiary/aromatic N) is 3. The molecule has 4 rings (SSSR count). The van der Waals surface area contributed by atoms with Crippen LogP contribution in [0.5, 0.6) is 0 Å². The lowest BCUT2D eigenvalue weighted by molar-refractivity contribution is 0.494. The molecule has 0 aromatic carbocycles. The molecule has 2 atom stereocenters. The van der Waals surface area contributed by atoms with Gasteiger partial charge in [0.15, 0.2) is 0 Å². The summed E-state index contributed by atoms with van der Waals surface area (Å²) in [6, 6.07) is 2.16. The van der Waals surface area contributed by atoms with Gasteiger partial charge in [-0.3, -0.25) is 0 Å². The summed E-state index contributed by atoms with van der Waals surface area (Å²) in [7, 11) is 1.89. The van der Waals surface area contributed by atoms with E-state index in [-0.39, 0.29) is 0 Å². The molecule has 1 saturated heterocycles. The third-order valence-electron chi connectivity index (χ3n) is 4.55. The van der Waals surface area contributed by atoms with Gasteiger partial charge in [-0.05, 0) is 36.1 Å². The molecule has 0 amide bonds. The van der Waals surface area contributed by atoms with Crippen LogP contribution in [0.4, 0.5) is 11.8 Å². The fraction of sp³-hybridized carbons (Fsp3) is 0.571. The minimum Gasteiger partial charge on any atom is -0.357 e. The van der Waals surface area contributed by atoms with Gasteiger partial charge < -0.3 is 10.2 Å². The fourth-order valence-corrected chi connectivity index (χ4v) is 4.36. The Hall–Kier alpha value is -1.36. The molecule has 1 aliphatic heterocycles. The molecule has 19 heavy (non-hydrogen) atoms. The minimum atomic E-state index is 0.738. The molecule has 2 aliphatic rings. The summed E-state index contributed by atoms with van der Waals surface area (Å²) in [5, 5.41) is 6.40. The van der Waals surface area contributed by atoms with Gasteiger partial charge in [-0.1, -0.05) is 6.42 Å². The molecule has 5 heteroatoms.